The maximum atomic E-state index is 5.97. The normalized spacial score (nSPS) is 14.4. The lowest BCUT2D eigenvalue weighted by Crippen LogP contribution is -2.35. The molecule has 0 saturated heterocycles. The topological polar surface area (TPSA) is 50.9 Å². The third kappa shape index (κ3) is 6.42. The maximum absolute atomic E-state index is 5.97. The van der Waals surface area contributed by atoms with Gasteiger partial charge in [0.1, 0.15) is 5.75 Å². The molecule has 22 heavy (non-hydrogen) atoms. The fourth-order valence-electron chi connectivity index (χ4n) is 2.15. The molecule has 1 aliphatic carbocycles. The van der Waals surface area contributed by atoms with Crippen molar-refractivity contribution in [1.29, 1.82) is 0 Å². The maximum Gasteiger partial charge on any atom is 0.191 e. The number of ether oxygens (including phenoxy) is 1. The van der Waals surface area contributed by atoms with Crippen molar-refractivity contribution in [2.75, 3.05) is 20.2 Å². The Balaban J connectivity index is 0.00000242. The third-order valence-corrected chi connectivity index (χ3v) is 3.82. The summed E-state index contributed by atoms with van der Waals surface area (Å²) in [6.07, 6.45) is 5.66. The molecule has 0 aromatic heterocycles. The van der Waals surface area contributed by atoms with E-state index in [0.717, 1.165) is 38.2 Å². The van der Waals surface area contributed by atoms with Gasteiger partial charge >= 0.3 is 0 Å². The summed E-state index contributed by atoms with van der Waals surface area (Å²) in [5, 5.41) is 0. The molecule has 0 heterocycles. The molecule has 0 aliphatic heterocycles. The largest absolute Gasteiger partial charge is 0.494 e. The van der Waals surface area contributed by atoms with Gasteiger partial charge in [-0.15, -0.1) is 24.0 Å². The van der Waals surface area contributed by atoms with Crippen LogP contribution in [0.4, 0.5) is 0 Å². The number of halogens is 1. The van der Waals surface area contributed by atoms with Crippen molar-refractivity contribution in [2.24, 2.45) is 10.7 Å². The molecule has 4 nitrogen and oxygen atoms in total. The Bertz CT molecular complexity index is 457. The highest BCUT2D eigenvalue weighted by Gasteiger charge is 2.27. The monoisotopic (exact) mass is 417 g/mol. The van der Waals surface area contributed by atoms with Gasteiger partial charge in [-0.05, 0) is 43.4 Å². The SMILES string of the molecule is CCCCOc1ccc(CCN=C(N)N(C)C2CC2)cc1.I. The number of rotatable bonds is 8. The van der Waals surface area contributed by atoms with E-state index >= 15 is 0 Å². The highest BCUT2D eigenvalue weighted by molar-refractivity contribution is 14.0. The Morgan fingerprint density at radius 2 is 2.00 bits per heavy atom. The zero-order valence-electron chi connectivity index (χ0n) is 13.6. The number of hydrogen-bond donors (Lipinski definition) is 1. The fraction of sp³-hybridized carbons (Fsp3) is 0.588. The zero-order chi connectivity index (χ0) is 15.1. The minimum absolute atomic E-state index is 0. The van der Waals surface area contributed by atoms with E-state index in [4.69, 9.17) is 10.5 Å². The molecule has 0 radical (unpaired) electrons. The predicted molar refractivity (Wildman–Crippen MR) is 103 cm³/mol. The van der Waals surface area contributed by atoms with E-state index in [1.165, 1.54) is 18.4 Å². The van der Waals surface area contributed by atoms with E-state index < -0.39 is 0 Å². The van der Waals surface area contributed by atoms with Crippen LogP contribution in [0.5, 0.6) is 5.75 Å². The summed E-state index contributed by atoms with van der Waals surface area (Å²) in [5.41, 5.74) is 7.24. The van der Waals surface area contributed by atoms with Crippen LogP contribution in [0.1, 0.15) is 38.2 Å². The lowest BCUT2D eigenvalue weighted by atomic mass is 10.1. The molecule has 0 spiro atoms. The Morgan fingerprint density at radius 3 is 2.59 bits per heavy atom. The van der Waals surface area contributed by atoms with Gasteiger partial charge in [-0.25, -0.2) is 0 Å². The van der Waals surface area contributed by atoms with Crippen LogP contribution in [0.2, 0.25) is 0 Å². The number of aliphatic imine (C=N–C) groups is 1. The lowest BCUT2D eigenvalue weighted by Gasteiger charge is -2.16. The molecule has 0 unspecified atom stereocenters. The summed E-state index contributed by atoms with van der Waals surface area (Å²) in [4.78, 5) is 6.54. The van der Waals surface area contributed by atoms with Crippen molar-refractivity contribution in [2.45, 2.75) is 45.1 Å². The van der Waals surface area contributed by atoms with Crippen LogP contribution in [0, 0.1) is 0 Å². The number of hydrogen-bond acceptors (Lipinski definition) is 2. The van der Waals surface area contributed by atoms with Gasteiger partial charge in [-0.2, -0.15) is 0 Å². The molecule has 1 aliphatic rings. The first-order valence-corrected chi connectivity index (χ1v) is 7.95. The quantitative estimate of drug-likeness (QED) is 0.305. The van der Waals surface area contributed by atoms with Gasteiger partial charge in [0, 0.05) is 19.6 Å². The molecule has 0 bridgehead atoms. The first-order chi connectivity index (χ1) is 10.2. The second kappa shape index (κ2) is 9.92. The van der Waals surface area contributed by atoms with E-state index in [0.29, 0.717) is 12.0 Å². The van der Waals surface area contributed by atoms with Gasteiger partial charge in [-0.1, -0.05) is 25.5 Å². The Labute approximate surface area is 151 Å². The fourth-order valence-corrected chi connectivity index (χ4v) is 2.15. The molecule has 2 N–H and O–H groups in total. The summed E-state index contributed by atoms with van der Waals surface area (Å²) in [7, 11) is 2.03. The van der Waals surface area contributed by atoms with Crippen LogP contribution in [-0.2, 0) is 6.42 Å². The van der Waals surface area contributed by atoms with Gasteiger partial charge in [0.05, 0.1) is 6.61 Å². The van der Waals surface area contributed by atoms with Crippen LogP contribution < -0.4 is 10.5 Å². The molecule has 1 aromatic carbocycles. The van der Waals surface area contributed by atoms with Crippen LogP contribution in [0.3, 0.4) is 0 Å². The Hall–Kier alpha value is -0.980. The second-order valence-corrected chi connectivity index (χ2v) is 5.68. The molecule has 5 heteroatoms. The van der Waals surface area contributed by atoms with E-state index in [1.54, 1.807) is 0 Å². The molecule has 0 amide bonds. The van der Waals surface area contributed by atoms with Gasteiger partial charge in [0.2, 0.25) is 0 Å². The van der Waals surface area contributed by atoms with Crippen LogP contribution >= 0.6 is 24.0 Å². The Morgan fingerprint density at radius 1 is 1.32 bits per heavy atom. The molecule has 1 saturated carbocycles. The summed E-state index contributed by atoms with van der Waals surface area (Å²) in [5.74, 6) is 1.61. The lowest BCUT2D eigenvalue weighted by molar-refractivity contribution is 0.309. The molecular weight excluding hydrogens is 389 g/mol. The average molecular weight is 417 g/mol. The number of nitrogens with two attached hydrogens (primary N) is 1. The van der Waals surface area contributed by atoms with Gasteiger partial charge < -0.3 is 15.4 Å². The van der Waals surface area contributed by atoms with Crippen molar-refractivity contribution in [1.82, 2.24) is 4.90 Å². The first kappa shape index (κ1) is 19.1. The minimum Gasteiger partial charge on any atom is -0.494 e. The highest BCUT2D eigenvalue weighted by atomic mass is 127. The number of nitrogens with zero attached hydrogens (tertiary/aromatic N) is 2. The summed E-state index contributed by atoms with van der Waals surface area (Å²) < 4.78 is 5.65. The van der Waals surface area contributed by atoms with Crippen molar-refractivity contribution < 1.29 is 4.74 Å². The van der Waals surface area contributed by atoms with Crippen molar-refractivity contribution in [3.63, 3.8) is 0 Å². The van der Waals surface area contributed by atoms with Gasteiger partial charge in [0.15, 0.2) is 5.96 Å². The predicted octanol–water partition coefficient (Wildman–Crippen LogP) is 3.43. The van der Waals surface area contributed by atoms with Crippen LogP contribution in [-0.4, -0.2) is 37.1 Å². The Kier molecular flexibility index (Phi) is 8.60. The molecule has 0 atom stereocenters. The molecular formula is C17H28IN3O. The van der Waals surface area contributed by atoms with Crippen LogP contribution in [0.25, 0.3) is 0 Å². The molecule has 1 aromatic rings. The minimum atomic E-state index is 0. The number of guanidine groups is 1. The van der Waals surface area contributed by atoms with Crippen LogP contribution in [0.15, 0.2) is 29.3 Å². The number of unbranched alkanes of at least 4 members (excludes halogenated alkanes) is 1. The highest BCUT2D eigenvalue weighted by Crippen LogP contribution is 2.24. The molecule has 124 valence electrons. The second-order valence-electron chi connectivity index (χ2n) is 5.68. The van der Waals surface area contributed by atoms with E-state index in [-0.39, 0.29) is 24.0 Å². The third-order valence-electron chi connectivity index (χ3n) is 3.82. The first-order valence-electron chi connectivity index (χ1n) is 7.95. The van der Waals surface area contributed by atoms with Gasteiger partial charge in [-0.3, -0.25) is 4.99 Å². The van der Waals surface area contributed by atoms with Gasteiger partial charge in [0.25, 0.3) is 0 Å². The average Bonchev–Trinajstić information content (AvgIpc) is 3.33. The van der Waals surface area contributed by atoms with E-state index in [9.17, 15) is 0 Å². The van der Waals surface area contributed by atoms with E-state index in [2.05, 4.69) is 28.9 Å². The van der Waals surface area contributed by atoms with E-state index in [1.807, 2.05) is 19.2 Å². The van der Waals surface area contributed by atoms with Crippen molar-refractivity contribution in [3.05, 3.63) is 29.8 Å². The molecule has 1 fully saturated rings. The summed E-state index contributed by atoms with van der Waals surface area (Å²) >= 11 is 0. The summed E-state index contributed by atoms with van der Waals surface area (Å²) in [6, 6.07) is 8.91. The summed E-state index contributed by atoms with van der Waals surface area (Å²) in [6.45, 7) is 3.70. The smallest absolute Gasteiger partial charge is 0.191 e. The molecule has 2 rings (SSSR count). The van der Waals surface area contributed by atoms with Crippen molar-refractivity contribution in [3.8, 4) is 5.75 Å². The zero-order valence-corrected chi connectivity index (χ0v) is 16.0. The number of benzene rings is 1. The van der Waals surface area contributed by atoms with Crippen molar-refractivity contribution >= 4 is 29.9 Å². The standard InChI is InChI=1S/C17H27N3O.HI/c1-3-4-13-21-16-9-5-14(6-10-16)11-12-19-17(18)20(2)15-7-8-15;/h5-6,9-10,15H,3-4,7-8,11-13H2,1-2H3,(H2,18,19);1H.